The molecule has 3 heteroatoms. The van der Waals surface area contributed by atoms with E-state index in [4.69, 9.17) is 0 Å². The number of rotatable bonds is 0. The second-order valence-electron chi connectivity index (χ2n) is 1.78. The van der Waals surface area contributed by atoms with Crippen molar-refractivity contribution in [2.24, 2.45) is 0 Å². The number of nitrogens with zero attached hydrogens (tertiary/aromatic N) is 1. The van der Waals surface area contributed by atoms with Gasteiger partial charge in [0.1, 0.15) is 5.69 Å². The normalized spacial score (nSPS) is 8.10. The van der Waals surface area contributed by atoms with Crippen molar-refractivity contribution < 1.29 is 4.79 Å². The summed E-state index contributed by atoms with van der Waals surface area (Å²) in [5, 5.41) is 6.28. The molecular formula is C7H6N2O. The molecule has 1 rings (SSSR count). The Labute approximate surface area is 58.4 Å². The van der Waals surface area contributed by atoms with Gasteiger partial charge < -0.3 is 0 Å². The Kier molecular flexibility index (Phi) is 1.86. The highest BCUT2D eigenvalue weighted by Gasteiger charge is 1.84. The molecule has 1 heterocycles. The highest BCUT2D eigenvalue weighted by Crippen LogP contribution is 1.85. The number of carbonyl (C=O) groups is 1. The van der Waals surface area contributed by atoms with Crippen LogP contribution in [0.4, 0.5) is 0 Å². The zero-order valence-electron chi connectivity index (χ0n) is 5.51. The lowest BCUT2D eigenvalue weighted by atomic mass is 10.4. The zero-order valence-corrected chi connectivity index (χ0v) is 5.51. The first kappa shape index (κ1) is 6.56. The van der Waals surface area contributed by atoms with Crippen LogP contribution >= 0.6 is 0 Å². The zero-order chi connectivity index (χ0) is 7.40. The predicted molar refractivity (Wildman–Crippen MR) is 36.1 cm³/mol. The van der Waals surface area contributed by atoms with E-state index in [0.29, 0.717) is 5.69 Å². The van der Waals surface area contributed by atoms with Gasteiger partial charge in [-0.15, -0.1) is 0 Å². The molecule has 1 aromatic heterocycles. The lowest BCUT2D eigenvalue weighted by molar-refractivity contribution is -0.111. The number of nitrogens with one attached hydrogen (secondary N) is 1. The summed E-state index contributed by atoms with van der Waals surface area (Å²) in [6.07, 6.45) is 1.59. The number of hydrogen-bond donors (Lipinski definition) is 1. The number of aromatic nitrogens is 2. The first-order chi connectivity index (χ1) is 4.79. The van der Waals surface area contributed by atoms with Crippen LogP contribution in [0.15, 0.2) is 12.3 Å². The fraction of sp³-hybridized carbons (Fsp3) is 0.143. The molecular weight excluding hydrogens is 128 g/mol. The smallest absolute Gasteiger partial charge is 0.202 e. The molecule has 1 N–H and O–H groups in total. The van der Waals surface area contributed by atoms with E-state index in [-0.39, 0.29) is 5.78 Å². The largest absolute Gasteiger partial charge is 0.285 e. The molecule has 0 spiro atoms. The number of carbonyl (C=O) groups excluding carboxylic acids is 1. The molecule has 0 aromatic carbocycles. The average molecular weight is 134 g/mol. The molecule has 0 radical (unpaired) electrons. The third-order valence-electron chi connectivity index (χ3n) is 0.874. The van der Waals surface area contributed by atoms with Crippen molar-refractivity contribution in [3.8, 4) is 11.8 Å². The van der Waals surface area contributed by atoms with Gasteiger partial charge in [0, 0.05) is 13.1 Å². The van der Waals surface area contributed by atoms with Crippen LogP contribution in [-0.2, 0) is 4.79 Å². The Morgan fingerprint density at radius 3 is 3.10 bits per heavy atom. The minimum Gasteiger partial charge on any atom is -0.285 e. The number of aromatic amines is 1. The molecule has 0 unspecified atom stereocenters. The van der Waals surface area contributed by atoms with Gasteiger partial charge in [-0.25, -0.2) is 0 Å². The fourth-order valence-electron chi connectivity index (χ4n) is 0.481. The molecule has 0 saturated heterocycles. The van der Waals surface area contributed by atoms with Crippen LogP contribution < -0.4 is 0 Å². The number of H-pyrrole nitrogens is 1. The maximum Gasteiger partial charge on any atom is 0.202 e. The maximum atomic E-state index is 10.3. The van der Waals surface area contributed by atoms with Gasteiger partial charge in [0.05, 0.1) is 0 Å². The van der Waals surface area contributed by atoms with Gasteiger partial charge in [0.25, 0.3) is 0 Å². The van der Waals surface area contributed by atoms with Crippen LogP contribution in [0.5, 0.6) is 0 Å². The topological polar surface area (TPSA) is 45.8 Å². The monoisotopic (exact) mass is 134 g/mol. The Morgan fingerprint density at radius 2 is 2.60 bits per heavy atom. The first-order valence-corrected chi connectivity index (χ1v) is 2.81. The van der Waals surface area contributed by atoms with Gasteiger partial charge >= 0.3 is 0 Å². The van der Waals surface area contributed by atoms with Gasteiger partial charge in [0.2, 0.25) is 5.78 Å². The van der Waals surface area contributed by atoms with Gasteiger partial charge in [0.15, 0.2) is 0 Å². The highest BCUT2D eigenvalue weighted by molar-refractivity contribution is 5.93. The molecule has 0 aliphatic heterocycles. The standard InChI is InChI=1S/C7H6N2O/c1-6(10)2-3-7-4-5-8-9-7/h4-5H,1H3,(H,8,9). The van der Waals surface area contributed by atoms with Crippen LogP contribution in [-0.4, -0.2) is 16.0 Å². The van der Waals surface area contributed by atoms with E-state index in [1.54, 1.807) is 12.3 Å². The first-order valence-electron chi connectivity index (χ1n) is 2.81. The summed E-state index contributed by atoms with van der Waals surface area (Å²) < 4.78 is 0. The van der Waals surface area contributed by atoms with Gasteiger partial charge in [-0.05, 0) is 17.9 Å². The summed E-state index contributed by atoms with van der Waals surface area (Å²) in [4.78, 5) is 10.3. The van der Waals surface area contributed by atoms with E-state index in [0.717, 1.165) is 0 Å². The molecule has 0 saturated carbocycles. The Morgan fingerprint density at radius 1 is 1.80 bits per heavy atom. The van der Waals surface area contributed by atoms with Crippen LogP contribution in [0.25, 0.3) is 0 Å². The summed E-state index contributed by atoms with van der Waals surface area (Å²) in [7, 11) is 0. The SMILES string of the molecule is CC(=O)C#Cc1ccn[nH]1. The molecule has 10 heavy (non-hydrogen) atoms. The maximum absolute atomic E-state index is 10.3. The van der Waals surface area contributed by atoms with Crippen LogP contribution in [0, 0.1) is 11.8 Å². The van der Waals surface area contributed by atoms with Crippen LogP contribution in [0.3, 0.4) is 0 Å². The van der Waals surface area contributed by atoms with Crippen molar-refractivity contribution in [3.05, 3.63) is 18.0 Å². The van der Waals surface area contributed by atoms with Crippen LogP contribution in [0.2, 0.25) is 0 Å². The van der Waals surface area contributed by atoms with E-state index in [1.807, 2.05) is 0 Å². The summed E-state index contributed by atoms with van der Waals surface area (Å²) >= 11 is 0. The van der Waals surface area contributed by atoms with Gasteiger partial charge in [-0.2, -0.15) is 5.10 Å². The quantitative estimate of drug-likeness (QED) is 0.520. The molecule has 0 aliphatic carbocycles. The van der Waals surface area contributed by atoms with Crippen molar-refractivity contribution in [1.29, 1.82) is 0 Å². The summed E-state index contributed by atoms with van der Waals surface area (Å²) in [5.74, 6) is 4.85. The third kappa shape index (κ3) is 1.75. The van der Waals surface area contributed by atoms with Crippen molar-refractivity contribution >= 4 is 5.78 Å². The van der Waals surface area contributed by atoms with Gasteiger partial charge in [-0.1, -0.05) is 0 Å². The molecule has 0 amide bonds. The van der Waals surface area contributed by atoms with Crippen LogP contribution in [0.1, 0.15) is 12.6 Å². The Hall–Kier alpha value is -1.56. The lowest BCUT2D eigenvalue weighted by Crippen LogP contribution is -1.81. The van der Waals surface area contributed by atoms with Crippen molar-refractivity contribution in [3.63, 3.8) is 0 Å². The number of Topliss-reactive ketones (excluding diaryl/α,β-unsaturated/α-hetero) is 1. The second kappa shape index (κ2) is 2.83. The Bertz CT molecular complexity index is 276. The molecule has 0 bridgehead atoms. The molecule has 3 nitrogen and oxygen atoms in total. The number of ketones is 1. The van der Waals surface area contributed by atoms with E-state index in [1.165, 1.54) is 6.92 Å². The molecule has 1 aromatic rings. The van der Waals surface area contributed by atoms with E-state index in [9.17, 15) is 4.79 Å². The minimum absolute atomic E-state index is 0.144. The molecule has 0 fully saturated rings. The lowest BCUT2D eigenvalue weighted by Gasteiger charge is -1.73. The van der Waals surface area contributed by atoms with E-state index in [2.05, 4.69) is 22.0 Å². The molecule has 0 aliphatic rings. The third-order valence-corrected chi connectivity index (χ3v) is 0.874. The minimum atomic E-state index is -0.144. The fourth-order valence-corrected chi connectivity index (χ4v) is 0.481. The predicted octanol–water partition coefficient (Wildman–Crippen LogP) is 0.350. The second-order valence-corrected chi connectivity index (χ2v) is 1.78. The van der Waals surface area contributed by atoms with Crippen molar-refractivity contribution in [2.75, 3.05) is 0 Å². The van der Waals surface area contributed by atoms with Gasteiger partial charge in [-0.3, -0.25) is 9.89 Å². The van der Waals surface area contributed by atoms with Crippen molar-refractivity contribution in [1.82, 2.24) is 10.2 Å². The number of hydrogen-bond acceptors (Lipinski definition) is 2. The molecule has 0 atom stereocenters. The molecule has 50 valence electrons. The highest BCUT2D eigenvalue weighted by atomic mass is 16.1. The van der Waals surface area contributed by atoms with E-state index >= 15 is 0 Å². The van der Waals surface area contributed by atoms with Crippen molar-refractivity contribution in [2.45, 2.75) is 6.92 Å². The Balaban J connectivity index is 2.75. The average Bonchev–Trinajstić information content (AvgIpc) is 2.34. The summed E-state index contributed by atoms with van der Waals surface area (Å²) in [6.45, 7) is 1.42. The summed E-state index contributed by atoms with van der Waals surface area (Å²) in [6, 6.07) is 1.70. The van der Waals surface area contributed by atoms with E-state index < -0.39 is 0 Å². The summed E-state index contributed by atoms with van der Waals surface area (Å²) in [5.41, 5.74) is 0.662.